The molecule has 0 fully saturated rings. The number of nitrogens with one attached hydrogen (secondary N) is 1. The summed E-state index contributed by atoms with van der Waals surface area (Å²) in [6.07, 6.45) is 10.3. The van der Waals surface area contributed by atoms with Crippen LogP contribution in [0.1, 0.15) is 80.9 Å². The summed E-state index contributed by atoms with van der Waals surface area (Å²) in [6, 6.07) is 2.92. The Labute approximate surface area is 165 Å². The van der Waals surface area contributed by atoms with Crippen molar-refractivity contribution in [3.63, 3.8) is 0 Å². The predicted molar refractivity (Wildman–Crippen MR) is 106 cm³/mol. The molecule has 0 atom stereocenters. The first kappa shape index (κ1) is 21.9. The highest BCUT2D eigenvalue weighted by molar-refractivity contribution is 5.94. The van der Waals surface area contributed by atoms with Crippen molar-refractivity contribution in [1.82, 2.24) is 14.7 Å². The monoisotopic (exact) mass is 391 g/mol. The third-order valence-corrected chi connectivity index (χ3v) is 4.81. The van der Waals surface area contributed by atoms with Crippen LogP contribution in [0.25, 0.3) is 5.65 Å². The molecule has 0 aliphatic carbocycles. The summed E-state index contributed by atoms with van der Waals surface area (Å²) in [5, 5.41) is 11.5. The fraction of sp³-hybridized carbons (Fsp3) is 0.571. The fourth-order valence-corrected chi connectivity index (χ4v) is 3.30. The summed E-state index contributed by atoms with van der Waals surface area (Å²) < 4.78 is 15.1. The van der Waals surface area contributed by atoms with E-state index < -0.39 is 11.8 Å². The highest BCUT2D eigenvalue weighted by Crippen LogP contribution is 2.15. The number of nitrogens with zero attached hydrogens (tertiary/aromatic N) is 2. The number of carbonyl (C=O) groups excluding carboxylic acids is 1. The molecule has 0 saturated carbocycles. The van der Waals surface area contributed by atoms with E-state index in [1.165, 1.54) is 16.7 Å². The highest BCUT2D eigenvalue weighted by atomic mass is 19.1. The van der Waals surface area contributed by atoms with Gasteiger partial charge in [0.15, 0.2) is 0 Å². The Morgan fingerprint density at radius 1 is 1.07 bits per heavy atom. The van der Waals surface area contributed by atoms with E-state index in [0.29, 0.717) is 30.0 Å². The lowest BCUT2D eigenvalue weighted by Crippen LogP contribution is -2.26. The van der Waals surface area contributed by atoms with E-state index in [9.17, 15) is 14.0 Å². The summed E-state index contributed by atoms with van der Waals surface area (Å²) in [7, 11) is 0. The lowest BCUT2D eigenvalue weighted by molar-refractivity contribution is -0.137. The van der Waals surface area contributed by atoms with Crippen LogP contribution in [0.15, 0.2) is 18.3 Å². The molecule has 0 aromatic carbocycles. The van der Waals surface area contributed by atoms with Crippen LogP contribution in [0.5, 0.6) is 0 Å². The minimum atomic E-state index is -0.720. The first-order chi connectivity index (χ1) is 13.5. The van der Waals surface area contributed by atoms with Crippen molar-refractivity contribution in [3.8, 4) is 0 Å². The molecule has 2 aromatic heterocycles. The van der Waals surface area contributed by atoms with Crippen LogP contribution in [-0.4, -0.2) is 32.9 Å². The standard InChI is InChI=1S/C21H30FN3O3/c1-2-17-20(25-15-16(22)12-13-18(25)24-17)21(28)23-14-10-8-6-4-3-5-7-9-11-19(26)27/h12-13,15H,2-11,14H2,1H3,(H,23,28)(H,26,27). The number of carbonyl (C=O) groups is 2. The molecule has 154 valence electrons. The number of carboxylic acid groups (broad SMARTS) is 1. The van der Waals surface area contributed by atoms with Gasteiger partial charge in [0.25, 0.3) is 5.91 Å². The van der Waals surface area contributed by atoms with E-state index in [2.05, 4.69) is 10.3 Å². The largest absolute Gasteiger partial charge is 0.481 e. The number of imidazole rings is 1. The molecule has 6 nitrogen and oxygen atoms in total. The summed E-state index contributed by atoms with van der Waals surface area (Å²) in [6.45, 7) is 2.51. The van der Waals surface area contributed by atoms with Gasteiger partial charge in [0.05, 0.1) is 5.69 Å². The van der Waals surface area contributed by atoms with Crippen molar-refractivity contribution in [2.75, 3.05) is 6.54 Å². The van der Waals surface area contributed by atoms with Crippen LogP contribution < -0.4 is 5.32 Å². The van der Waals surface area contributed by atoms with E-state index in [1.54, 1.807) is 6.07 Å². The zero-order valence-corrected chi connectivity index (χ0v) is 16.5. The Morgan fingerprint density at radius 2 is 1.71 bits per heavy atom. The van der Waals surface area contributed by atoms with Crippen molar-refractivity contribution in [3.05, 3.63) is 35.5 Å². The Morgan fingerprint density at radius 3 is 2.36 bits per heavy atom. The topological polar surface area (TPSA) is 83.7 Å². The number of halogens is 1. The number of aromatic nitrogens is 2. The van der Waals surface area contributed by atoms with Gasteiger partial charge in [-0.15, -0.1) is 0 Å². The second kappa shape index (κ2) is 11.4. The molecule has 2 rings (SSSR count). The van der Waals surface area contributed by atoms with E-state index in [4.69, 9.17) is 5.11 Å². The maximum absolute atomic E-state index is 13.5. The van der Waals surface area contributed by atoms with Gasteiger partial charge in [-0.05, 0) is 31.4 Å². The molecule has 2 aromatic rings. The summed E-state index contributed by atoms with van der Waals surface area (Å²) in [5.74, 6) is -1.33. The van der Waals surface area contributed by atoms with Crippen molar-refractivity contribution >= 4 is 17.5 Å². The van der Waals surface area contributed by atoms with Gasteiger partial charge in [0, 0.05) is 19.2 Å². The van der Waals surface area contributed by atoms with E-state index in [-0.39, 0.29) is 12.3 Å². The summed E-state index contributed by atoms with van der Waals surface area (Å²) in [4.78, 5) is 27.4. The molecule has 0 bridgehead atoms. The molecule has 2 N–H and O–H groups in total. The normalized spacial score (nSPS) is 11.1. The molecular formula is C21H30FN3O3. The molecule has 0 unspecified atom stereocenters. The fourth-order valence-electron chi connectivity index (χ4n) is 3.30. The molecule has 0 aliphatic heterocycles. The van der Waals surface area contributed by atoms with Gasteiger partial charge in [-0.3, -0.25) is 14.0 Å². The molecule has 0 spiro atoms. The van der Waals surface area contributed by atoms with Crippen molar-refractivity contribution < 1.29 is 19.1 Å². The average Bonchev–Trinajstić information content (AvgIpc) is 3.03. The number of pyridine rings is 1. The Balaban J connectivity index is 1.66. The quantitative estimate of drug-likeness (QED) is 0.497. The predicted octanol–water partition coefficient (Wildman–Crippen LogP) is 4.36. The summed E-state index contributed by atoms with van der Waals surface area (Å²) in [5.41, 5.74) is 1.66. The Bertz CT molecular complexity index is 789. The van der Waals surface area contributed by atoms with Gasteiger partial charge in [-0.2, -0.15) is 0 Å². The lowest BCUT2D eigenvalue weighted by atomic mass is 10.1. The van der Waals surface area contributed by atoms with Crippen LogP contribution in [0, 0.1) is 5.82 Å². The third-order valence-electron chi connectivity index (χ3n) is 4.81. The van der Waals surface area contributed by atoms with Crippen molar-refractivity contribution in [1.29, 1.82) is 0 Å². The molecular weight excluding hydrogens is 361 g/mol. The minimum Gasteiger partial charge on any atom is -0.481 e. The first-order valence-electron chi connectivity index (χ1n) is 10.2. The van der Waals surface area contributed by atoms with Gasteiger partial charge in [0.2, 0.25) is 0 Å². The molecule has 2 heterocycles. The number of unbranched alkanes of at least 4 members (excludes halogenated alkanes) is 7. The number of aliphatic carboxylic acids is 1. The van der Waals surface area contributed by atoms with Crippen LogP contribution in [0.2, 0.25) is 0 Å². The molecule has 0 radical (unpaired) electrons. The Kier molecular flexibility index (Phi) is 8.91. The first-order valence-corrected chi connectivity index (χ1v) is 10.2. The van der Waals surface area contributed by atoms with Gasteiger partial charge >= 0.3 is 5.97 Å². The third kappa shape index (κ3) is 6.62. The van der Waals surface area contributed by atoms with E-state index in [1.807, 2.05) is 6.92 Å². The molecule has 0 saturated heterocycles. The van der Waals surface area contributed by atoms with Crippen molar-refractivity contribution in [2.24, 2.45) is 0 Å². The van der Waals surface area contributed by atoms with Crippen LogP contribution in [0.4, 0.5) is 4.39 Å². The lowest BCUT2D eigenvalue weighted by Gasteiger charge is -2.07. The van der Waals surface area contributed by atoms with Gasteiger partial charge in [-0.1, -0.05) is 45.4 Å². The maximum atomic E-state index is 13.5. The number of hydrogen-bond acceptors (Lipinski definition) is 3. The van der Waals surface area contributed by atoms with E-state index >= 15 is 0 Å². The van der Waals surface area contributed by atoms with Crippen LogP contribution >= 0.6 is 0 Å². The second-order valence-corrected chi connectivity index (χ2v) is 7.06. The Hall–Kier alpha value is -2.44. The van der Waals surface area contributed by atoms with Crippen LogP contribution in [0.3, 0.4) is 0 Å². The molecule has 28 heavy (non-hydrogen) atoms. The van der Waals surface area contributed by atoms with Gasteiger partial charge < -0.3 is 10.4 Å². The van der Waals surface area contributed by atoms with Gasteiger partial charge in [-0.25, -0.2) is 9.37 Å². The molecule has 7 heteroatoms. The zero-order valence-electron chi connectivity index (χ0n) is 16.5. The SMILES string of the molecule is CCc1nc2ccc(F)cn2c1C(=O)NCCCCCCCCCCC(=O)O. The average molecular weight is 391 g/mol. The molecule has 0 aliphatic rings. The number of fused-ring (bicyclic) bond motifs is 1. The number of hydrogen-bond donors (Lipinski definition) is 2. The smallest absolute Gasteiger partial charge is 0.303 e. The van der Waals surface area contributed by atoms with Crippen molar-refractivity contribution in [2.45, 2.75) is 71.1 Å². The molecule has 1 amide bonds. The number of aryl methyl sites for hydroxylation is 1. The maximum Gasteiger partial charge on any atom is 0.303 e. The number of carboxylic acids is 1. The number of amides is 1. The highest BCUT2D eigenvalue weighted by Gasteiger charge is 2.18. The number of rotatable bonds is 13. The zero-order chi connectivity index (χ0) is 20.4. The van der Waals surface area contributed by atoms with Gasteiger partial charge in [0.1, 0.15) is 17.2 Å². The second-order valence-electron chi connectivity index (χ2n) is 7.06. The minimum absolute atomic E-state index is 0.214. The van der Waals surface area contributed by atoms with Crippen LogP contribution in [-0.2, 0) is 11.2 Å². The van der Waals surface area contributed by atoms with E-state index in [0.717, 1.165) is 51.4 Å². The summed E-state index contributed by atoms with van der Waals surface area (Å²) >= 11 is 0.